The van der Waals surface area contributed by atoms with Crippen molar-refractivity contribution in [2.24, 2.45) is 11.8 Å². The second kappa shape index (κ2) is 3.88. The zero-order valence-electron chi connectivity index (χ0n) is 9.49. The van der Waals surface area contributed by atoms with E-state index in [0.29, 0.717) is 5.15 Å². The van der Waals surface area contributed by atoms with Gasteiger partial charge >= 0.3 is 0 Å². The van der Waals surface area contributed by atoms with E-state index in [1.165, 1.54) is 19.3 Å². The first-order chi connectivity index (χ1) is 7.75. The van der Waals surface area contributed by atoms with Crippen molar-refractivity contribution in [3.05, 3.63) is 17.0 Å². The Kier molecular flexibility index (Phi) is 2.51. The van der Waals surface area contributed by atoms with Crippen LogP contribution < -0.4 is 4.90 Å². The molecule has 2 atom stereocenters. The second-order valence-electron chi connectivity index (χ2n) is 4.97. The Bertz CT molecular complexity index is 395. The molecule has 2 aliphatic rings. The normalized spacial score (nSPS) is 28.5. The first-order valence-electron chi connectivity index (χ1n) is 5.97. The van der Waals surface area contributed by atoms with E-state index >= 15 is 0 Å². The van der Waals surface area contributed by atoms with Gasteiger partial charge in [-0.25, -0.2) is 9.97 Å². The lowest BCUT2D eigenvalue weighted by Gasteiger charge is -2.20. The average molecular weight is 238 g/mol. The third kappa shape index (κ3) is 1.58. The fourth-order valence-corrected chi connectivity index (χ4v) is 3.28. The van der Waals surface area contributed by atoms with E-state index in [2.05, 4.69) is 14.9 Å². The molecule has 0 radical (unpaired) electrons. The molecule has 1 aliphatic carbocycles. The van der Waals surface area contributed by atoms with Crippen molar-refractivity contribution >= 4 is 17.4 Å². The van der Waals surface area contributed by atoms with Crippen molar-refractivity contribution in [2.75, 3.05) is 18.0 Å². The minimum Gasteiger partial charge on any atom is -0.356 e. The van der Waals surface area contributed by atoms with Gasteiger partial charge in [0.1, 0.15) is 17.3 Å². The van der Waals surface area contributed by atoms with E-state index in [9.17, 15) is 0 Å². The molecule has 1 aliphatic heterocycles. The lowest BCUT2D eigenvalue weighted by molar-refractivity contribution is 0.494. The number of rotatable bonds is 1. The molecule has 3 rings (SSSR count). The lowest BCUT2D eigenvalue weighted by Crippen LogP contribution is -2.23. The van der Waals surface area contributed by atoms with E-state index in [1.807, 2.05) is 6.92 Å². The number of halogens is 1. The van der Waals surface area contributed by atoms with Gasteiger partial charge in [-0.15, -0.1) is 0 Å². The number of nitrogens with zero attached hydrogens (tertiary/aromatic N) is 3. The summed E-state index contributed by atoms with van der Waals surface area (Å²) in [6.45, 7) is 4.31. The minimum absolute atomic E-state index is 0.585. The summed E-state index contributed by atoms with van der Waals surface area (Å²) in [6.07, 6.45) is 5.75. The number of fused-ring (bicyclic) bond motifs is 1. The molecule has 0 N–H and O–H groups in total. The number of anilines is 1. The fraction of sp³-hybridized carbons (Fsp3) is 0.667. The molecule has 1 aromatic heterocycles. The number of hydrogen-bond acceptors (Lipinski definition) is 3. The van der Waals surface area contributed by atoms with Crippen molar-refractivity contribution in [2.45, 2.75) is 26.2 Å². The van der Waals surface area contributed by atoms with Crippen molar-refractivity contribution in [3.63, 3.8) is 0 Å². The molecule has 16 heavy (non-hydrogen) atoms. The first-order valence-corrected chi connectivity index (χ1v) is 6.35. The maximum absolute atomic E-state index is 6.04. The molecule has 2 heterocycles. The molecule has 0 amide bonds. The van der Waals surface area contributed by atoms with E-state index in [4.69, 9.17) is 11.6 Å². The van der Waals surface area contributed by atoms with Crippen LogP contribution in [0.2, 0.25) is 5.15 Å². The van der Waals surface area contributed by atoms with Gasteiger partial charge in [-0.2, -0.15) is 0 Å². The Labute approximate surface area is 101 Å². The highest BCUT2D eigenvalue weighted by Crippen LogP contribution is 2.40. The van der Waals surface area contributed by atoms with Gasteiger partial charge in [-0.3, -0.25) is 0 Å². The molecule has 1 saturated heterocycles. The van der Waals surface area contributed by atoms with Crippen molar-refractivity contribution in [3.8, 4) is 0 Å². The molecule has 3 nitrogen and oxygen atoms in total. The molecule has 86 valence electrons. The monoisotopic (exact) mass is 237 g/mol. The van der Waals surface area contributed by atoms with Crippen LogP contribution in [0.4, 0.5) is 5.82 Å². The van der Waals surface area contributed by atoms with Crippen LogP contribution in [0.5, 0.6) is 0 Å². The first kappa shape index (κ1) is 10.3. The van der Waals surface area contributed by atoms with Gasteiger partial charge in [0.15, 0.2) is 0 Å². The van der Waals surface area contributed by atoms with Crippen LogP contribution in [-0.4, -0.2) is 23.1 Å². The minimum atomic E-state index is 0.585. The predicted molar refractivity (Wildman–Crippen MR) is 64.8 cm³/mol. The molecule has 1 aromatic rings. The molecule has 1 saturated carbocycles. The quantitative estimate of drug-likeness (QED) is 0.704. The smallest absolute Gasteiger partial charge is 0.137 e. The molecule has 4 heteroatoms. The highest BCUT2D eigenvalue weighted by atomic mass is 35.5. The summed E-state index contributed by atoms with van der Waals surface area (Å²) in [5.74, 6) is 2.80. The zero-order valence-corrected chi connectivity index (χ0v) is 10.2. The summed E-state index contributed by atoms with van der Waals surface area (Å²) in [5, 5.41) is 0.585. The van der Waals surface area contributed by atoms with Crippen LogP contribution in [0.15, 0.2) is 6.33 Å². The van der Waals surface area contributed by atoms with Crippen LogP contribution in [0.25, 0.3) is 0 Å². The summed E-state index contributed by atoms with van der Waals surface area (Å²) in [4.78, 5) is 10.8. The summed E-state index contributed by atoms with van der Waals surface area (Å²) in [5.41, 5.74) is 1.02. The van der Waals surface area contributed by atoms with E-state index in [-0.39, 0.29) is 0 Å². The Balaban J connectivity index is 1.86. The third-order valence-electron chi connectivity index (χ3n) is 4.02. The van der Waals surface area contributed by atoms with Crippen molar-refractivity contribution in [1.82, 2.24) is 9.97 Å². The maximum Gasteiger partial charge on any atom is 0.137 e. The van der Waals surface area contributed by atoms with Crippen LogP contribution in [-0.2, 0) is 0 Å². The zero-order chi connectivity index (χ0) is 11.1. The SMILES string of the molecule is Cc1c(Cl)ncnc1N1CC2CCCC2C1. The fourth-order valence-electron chi connectivity index (χ4n) is 3.15. The van der Waals surface area contributed by atoms with E-state index < -0.39 is 0 Å². The van der Waals surface area contributed by atoms with Crippen LogP contribution in [0.3, 0.4) is 0 Å². The summed E-state index contributed by atoms with van der Waals surface area (Å²) in [7, 11) is 0. The highest BCUT2D eigenvalue weighted by Gasteiger charge is 2.37. The van der Waals surface area contributed by atoms with Gasteiger partial charge in [-0.1, -0.05) is 18.0 Å². The van der Waals surface area contributed by atoms with E-state index in [1.54, 1.807) is 6.33 Å². The van der Waals surface area contributed by atoms with Gasteiger partial charge < -0.3 is 4.90 Å². The number of aromatic nitrogens is 2. The Morgan fingerprint density at radius 1 is 1.25 bits per heavy atom. The summed E-state index contributed by atoms with van der Waals surface area (Å²) >= 11 is 6.04. The van der Waals surface area contributed by atoms with Crippen molar-refractivity contribution in [1.29, 1.82) is 0 Å². The predicted octanol–water partition coefficient (Wildman–Crippen LogP) is 2.67. The highest BCUT2D eigenvalue weighted by molar-refractivity contribution is 6.30. The Morgan fingerprint density at radius 3 is 2.62 bits per heavy atom. The van der Waals surface area contributed by atoms with Gasteiger partial charge in [0.05, 0.1) is 0 Å². The molecule has 0 bridgehead atoms. The number of hydrogen-bond donors (Lipinski definition) is 0. The van der Waals surface area contributed by atoms with Gasteiger partial charge in [0.25, 0.3) is 0 Å². The lowest BCUT2D eigenvalue weighted by atomic mass is 10.0. The Morgan fingerprint density at radius 2 is 1.94 bits per heavy atom. The van der Waals surface area contributed by atoms with Crippen LogP contribution >= 0.6 is 11.6 Å². The molecular formula is C12H16ClN3. The molecule has 2 fully saturated rings. The topological polar surface area (TPSA) is 29.0 Å². The summed E-state index contributed by atoms with van der Waals surface area (Å²) < 4.78 is 0. The molecular weight excluding hydrogens is 222 g/mol. The van der Waals surface area contributed by atoms with Gasteiger partial charge in [0.2, 0.25) is 0 Å². The van der Waals surface area contributed by atoms with Crippen LogP contribution in [0.1, 0.15) is 24.8 Å². The third-order valence-corrected chi connectivity index (χ3v) is 4.40. The average Bonchev–Trinajstić information content (AvgIpc) is 2.81. The Hall–Kier alpha value is -0.830. The largest absolute Gasteiger partial charge is 0.356 e. The molecule has 2 unspecified atom stereocenters. The van der Waals surface area contributed by atoms with Gasteiger partial charge in [0, 0.05) is 18.7 Å². The van der Waals surface area contributed by atoms with E-state index in [0.717, 1.165) is 36.3 Å². The van der Waals surface area contributed by atoms with Crippen LogP contribution in [0, 0.1) is 18.8 Å². The second-order valence-corrected chi connectivity index (χ2v) is 5.33. The summed E-state index contributed by atoms with van der Waals surface area (Å²) in [6, 6.07) is 0. The van der Waals surface area contributed by atoms with Crippen molar-refractivity contribution < 1.29 is 0 Å². The van der Waals surface area contributed by atoms with Gasteiger partial charge in [-0.05, 0) is 31.6 Å². The standard InChI is InChI=1S/C12H16ClN3/c1-8-11(13)14-7-15-12(8)16-5-9-3-2-4-10(9)6-16/h7,9-10H,2-6H2,1H3. The maximum atomic E-state index is 6.04. The molecule has 0 aromatic carbocycles. The molecule has 0 spiro atoms.